The Morgan fingerprint density at radius 3 is 1.32 bits per heavy atom. The number of likely N-dealkylation sites (tertiary alicyclic amines) is 2. The lowest BCUT2D eigenvalue weighted by Gasteiger charge is -2.56. The molecule has 15 nitrogen and oxygen atoms in total. The maximum atomic E-state index is 14.9. The van der Waals surface area contributed by atoms with Crippen LogP contribution in [0, 0.1) is 13.8 Å². The Balaban J connectivity index is 1.39. The first-order valence-corrected chi connectivity index (χ1v) is 21.1. The van der Waals surface area contributed by atoms with E-state index in [0.717, 1.165) is 28.2 Å². The molecule has 3 aromatic carbocycles. The molecule has 4 bridgehead atoms. The summed E-state index contributed by atoms with van der Waals surface area (Å²) in [4.78, 5) is 84.5. The number of aromatic nitrogens is 1. The first kappa shape index (κ1) is 42.7. The molecule has 6 amide bonds. The summed E-state index contributed by atoms with van der Waals surface area (Å²) >= 11 is 6.50. The Morgan fingerprint density at radius 1 is 0.629 bits per heavy atom. The molecule has 2 aliphatic heterocycles. The van der Waals surface area contributed by atoms with E-state index in [1.807, 2.05) is 60.0 Å². The average molecular weight is 864 g/mol. The van der Waals surface area contributed by atoms with Crippen molar-refractivity contribution in [1.29, 1.82) is 0 Å². The number of primary amides is 2. The van der Waals surface area contributed by atoms with Crippen molar-refractivity contribution in [3.05, 3.63) is 123 Å². The van der Waals surface area contributed by atoms with Gasteiger partial charge in [-0.3, -0.25) is 39.6 Å². The maximum Gasteiger partial charge on any atom is 0.411 e. The number of imide groups is 2. The highest BCUT2D eigenvalue weighted by Gasteiger charge is 2.66. The van der Waals surface area contributed by atoms with Crippen LogP contribution >= 0.6 is 11.6 Å². The molecule has 0 radical (unpaired) electrons. The number of carbonyl (C=O) groups excluding carboxylic acids is 4. The second-order valence-electron chi connectivity index (χ2n) is 17.6. The molecule has 6 aliphatic rings. The zero-order valence-electron chi connectivity index (χ0n) is 35.0. The Bertz CT molecular complexity index is 2390. The lowest BCUT2D eigenvalue weighted by molar-refractivity contribution is -0.144. The molecule has 0 spiro atoms. The number of fused-ring (bicyclic) bond motifs is 6. The molecule has 4 aromatic rings. The van der Waals surface area contributed by atoms with Crippen molar-refractivity contribution in [2.75, 3.05) is 13.1 Å². The largest absolute Gasteiger partial charge is 0.465 e. The summed E-state index contributed by atoms with van der Waals surface area (Å²) in [5.74, 6) is -2.91. The average Bonchev–Trinajstić information content (AvgIpc) is 3.94. The quantitative estimate of drug-likeness (QED) is 0.108. The molecule has 8 N–H and O–H groups in total. The van der Waals surface area contributed by atoms with Crippen molar-refractivity contribution >= 4 is 47.4 Å². The minimum atomic E-state index is -1.70. The molecule has 1 aromatic heterocycles. The number of hydrogen-bond acceptors (Lipinski definition) is 8. The van der Waals surface area contributed by atoms with Crippen LogP contribution in [0.3, 0.4) is 0 Å². The Labute approximate surface area is 363 Å². The fourth-order valence-electron chi connectivity index (χ4n) is 12.2. The minimum Gasteiger partial charge on any atom is -0.465 e. The summed E-state index contributed by atoms with van der Waals surface area (Å²) in [6.45, 7) is 8.30. The predicted octanol–water partition coefficient (Wildman–Crippen LogP) is 5.69. The van der Waals surface area contributed by atoms with Gasteiger partial charge in [0.1, 0.15) is 11.1 Å². The van der Waals surface area contributed by atoms with Crippen molar-refractivity contribution in [1.82, 2.24) is 25.0 Å². The van der Waals surface area contributed by atoms with Crippen LogP contribution in [0.2, 0.25) is 5.02 Å². The third-order valence-corrected chi connectivity index (χ3v) is 14.8. The number of rotatable bonds is 11. The zero-order chi connectivity index (χ0) is 44.7. The Hall–Kier alpha value is -6.03. The van der Waals surface area contributed by atoms with Crippen LogP contribution in [0.4, 0.5) is 9.59 Å². The molecular weight excluding hydrogens is 814 g/mol. The summed E-state index contributed by atoms with van der Waals surface area (Å²) in [7, 11) is 0. The number of benzene rings is 3. The number of hydrogen-bond donors (Lipinski definition) is 6. The molecule has 0 saturated carbocycles. The fraction of sp³-hybridized carbons (Fsp3) is 0.391. The molecule has 3 heterocycles. The predicted molar refractivity (Wildman–Crippen MR) is 229 cm³/mol. The van der Waals surface area contributed by atoms with Gasteiger partial charge in [0.2, 0.25) is 11.8 Å². The van der Waals surface area contributed by atoms with Crippen LogP contribution < -0.4 is 22.1 Å². The van der Waals surface area contributed by atoms with Gasteiger partial charge in [-0.2, -0.15) is 0 Å². The lowest BCUT2D eigenvalue weighted by Crippen LogP contribution is -2.68. The van der Waals surface area contributed by atoms with Crippen molar-refractivity contribution < 1.29 is 39.0 Å². The minimum absolute atomic E-state index is 0.249. The monoisotopic (exact) mass is 863 g/mol. The highest BCUT2D eigenvalue weighted by molar-refractivity contribution is 6.30. The van der Waals surface area contributed by atoms with E-state index in [-0.39, 0.29) is 12.8 Å². The van der Waals surface area contributed by atoms with Gasteiger partial charge in [-0.05, 0) is 97.2 Å². The van der Waals surface area contributed by atoms with E-state index in [0.29, 0.717) is 66.0 Å². The van der Waals surface area contributed by atoms with Gasteiger partial charge in [0, 0.05) is 58.9 Å². The van der Waals surface area contributed by atoms with E-state index < -0.39 is 69.8 Å². The molecule has 6 atom stereocenters. The maximum absolute atomic E-state index is 14.9. The van der Waals surface area contributed by atoms with Gasteiger partial charge in [-0.15, -0.1) is 0 Å². The standard InChI is InChI=1S/C46H50ClN7O8/c1-25-26(2)38(34-8-6-22-53(34)46(40(58)51-42(61)62)30-15-11-28(12-16-30)44(46,4)24-36(49)56)54(32-19-17-31(47)18-20-32)37(25)33-7-5-21-52(33)45(39(57)50-41(59)60)29-13-9-27(10-14-29)43(45,3)23-35(48)55/h9-20,33-34H,5-8,21-24H2,1-4H3,(H2,48,55)(H2,49,56)(H,50,57)(H,51,58)(H,59,60)(H,61,62)/t33?,34?,43?,44?,45-,46-/m1/s1. The lowest BCUT2D eigenvalue weighted by atomic mass is 9.56. The number of amides is 6. The van der Waals surface area contributed by atoms with E-state index in [1.54, 1.807) is 50.2 Å². The second-order valence-corrected chi connectivity index (χ2v) is 18.0. The van der Waals surface area contributed by atoms with Gasteiger partial charge in [0.05, 0.1) is 12.1 Å². The summed E-state index contributed by atoms with van der Waals surface area (Å²) in [6.07, 6.45) is -1.25. The summed E-state index contributed by atoms with van der Waals surface area (Å²) < 4.78 is 2.14. The number of nitrogens with one attached hydrogen (secondary N) is 2. The smallest absolute Gasteiger partial charge is 0.411 e. The summed E-state index contributed by atoms with van der Waals surface area (Å²) in [5, 5.41) is 24.9. The van der Waals surface area contributed by atoms with Crippen LogP contribution in [0.15, 0.2) is 72.8 Å². The number of nitrogens with zero attached hydrogens (tertiary/aromatic N) is 3. The SMILES string of the molecule is Cc1c(C)c(C2CCCN2[C@@]2(C(=O)NC(=O)O)c3ccc(cc3)C2(C)CC(N)=O)n(-c2ccc(Cl)cc2)c1C1CCCN1[C@@]1(C(=O)NC(=O)O)c2ccc(cc2)C1(C)CC(N)=O. The number of carboxylic acid groups (broad SMARTS) is 2. The van der Waals surface area contributed by atoms with Crippen LogP contribution in [0.5, 0.6) is 0 Å². The van der Waals surface area contributed by atoms with Crippen molar-refractivity contribution in [3.63, 3.8) is 0 Å². The van der Waals surface area contributed by atoms with Gasteiger partial charge in [0.25, 0.3) is 11.8 Å². The topological polar surface area (TPSA) is 230 Å². The first-order valence-electron chi connectivity index (χ1n) is 20.7. The molecule has 4 aliphatic carbocycles. The normalized spacial score (nSPS) is 27.6. The molecule has 62 heavy (non-hydrogen) atoms. The van der Waals surface area contributed by atoms with E-state index in [2.05, 4.69) is 15.2 Å². The molecule has 2 saturated heterocycles. The van der Waals surface area contributed by atoms with Crippen LogP contribution in [0.1, 0.15) is 109 Å². The van der Waals surface area contributed by atoms with E-state index in [4.69, 9.17) is 23.1 Å². The molecule has 16 heteroatoms. The molecule has 324 valence electrons. The molecule has 4 unspecified atom stereocenters. The highest BCUT2D eigenvalue weighted by Crippen LogP contribution is 2.60. The van der Waals surface area contributed by atoms with E-state index >= 15 is 0 Å². The van der Waals surface area contributed by atoms with Crippen LogP contribution in [-0.4, -0.2) is 73.5 Å². The third-order valence-electron chi connectivity index (χ3n) is 14.5. The van der Waals surface area contributed by atoms with Gasteiger partial charge < -0.3 is 26.2 Å². The first-order chi connectivity index (χ1) is 29.3. The second kappa shape index (κ2) is 15.1. The molecule has 2 fully saturated rings. The van der Waals surface area contributed by atoms with Crippen molar-refractivity contribution in [3.8, 4) is 5.69 Å². The van der Waals surface area contributed by atoms with Gasteiger partial charge >= 0.3 is 12.2 Å². The molecular formula is C46H50ClN7O8. The summed E-state index contributed by atoms with van der Waals surface area (Å²) in [6, 6.07) is 20.8. The Morgan fingerprint density at radius 2 is 0.984 bits per heavy atom. The van der Waals surface area contributed by atoms with Crippen molar-refractivity contribution in [2.24, 2.45) is 11.5 Å². The third kappa shape index (κ3) is 5.92. The van der Waals surface area contributed by atoms with Crippen molar-refractivity contribution in [2.45, 2.75) is 100 Å². The molecule has 10 rings (SSSR count). The van der Waals surface area contributed by atoms with Gasteiger partial charge in [-0.1, -0.05) is 74.0 Å². The van der Waals surface area contributed by atoms with Crippen LogP contribution in [0.25, 0.3) is 5.69 Å². The van der Waals surface area contributed by atoms with Gasteiger partial charge in [0.15, 0.2) is 0 Å². The Kier molecular flexibility index (Phi) is 10.4. The number of nitrogens with two attached hydrogens (primary N) is 2. The van der Waals surface area contributed by atoms with E-state index in [1.165, 1.54) is 0 Å². The number of carbonyl (C=O) groups is 6. The fourth-order valence-corrected chi connectivity index (χ4v) is 12.3. The zero-order valence-corrected chi connectivity index (χ0v) is 35.7. The van der Waals surface area contributed by atoms with Crippen LogP contribution in [-0.2, 0) is 41.1 Å². The summed E-state index contributed by atoms with van der Waals surface area (Å²) in [5.41, 5.74) is 12.4. The highest BCUT2D eigenvalue weighted by atomic mass is 35.5. The number of halogens is 1. The van der Waals surface area contributed by atoms with Gasteiger partial charge in [-0.25, -0.2) is 9.59 Å². The van der Waals surface area contributed by atoms with E-state index in [9.17, 15) is 39.0 Å².